The Morgan fingerprint density at radius 1 is 1.33 bits per heavy atom. The Morgan fingerprint density at radius 2 is 1.78 bits per heavy atom. The van der Waals surface area contributed by atoms with Crippen molar-refractivity contribution in [2.45, 2.75) is 19.0 Å². The molecule has 0 radical (unpaired) electrons. The maximum atomic E-state index is 11.2. The van der Waals surface area contributed by atoms with Crippen LogP contribution in [0.4, 0.5) is 13.2 Å². The molecule has 0 unspecified atom stereocenters. The van der Waals surface area contributed by atoms with Crippen LogP contribution in [0.3, 0.4) is 0 Å². The summed E-state index contributed by atoms with van der Waals surface area (Å²) < 4.78 is 33.7. The molecule has 0 bridgehead atoms. The van der Waals surface area contributed by atoms with E-state index in [4.69, 9.17) is 0 Å². The summed E-state index contributed by atoms with van der Waals surface area (Å²) in [4.78, 5) is 0. The van der Waals surface area contributed by atoms with Crippen molar-refractivity contribution in [2.24, 2.45) is 0 Å². The van der Waals surface area contributed by atoms with Crippen LogP contribution in [-0.2, 0) is 0 Å². The van der Waals surface area contributed by atoms with E-state index in [1.54, 1.807) is 0 Å². The molecular formula is C4H8BrF3Mg. The Hall–Kier alpha value is 1.04. The van der Waals surface area contributed by atoms with Gasteiger partial charge in [0.25, 0.3) is 0 Å². The van der Waals surface area contributed by atoms with Crippen LogP contribution in [0.1, 0.15) is 15.7 Å². The molecule has 0 saturated heterocycles. The SMILES string of the molecule is FC(F)(F)CCCBr.[H-].[H-].[Mg+2]. The van der Waals surface area contributed by atoms with Gasteiger partial charge in [-0.1, -0.05) is 15.9 Å². The maximum absolute atomic E-state index is 11.2. The minimum absolute atomic E-state index is 0. The van der Waals surface area contributed by atoms with Crippen molar-refractivity contribution in [3.8, 4) is 0 Å². The first-order chi connectivity index (χ1) is 3.56. The third-order valence-corrected chi connectivity index (χ3v) is 1.15. The first kappa shape index (κ1) is 12.7. The van der Waals surface area contributed by atoms with Crippen molar-refractivity contribution >= 4 is 39.0 Å². The van der Waals surface area contributed by atoms with Crippen molar-refractivity contribution in [1.29, 1.82) is 0 Å². The van der Waals surface area contributed by atoms with E-state index in [-0.39, 0.29) is 32.3 Å². The molecule has 0 N–H and O–H groups in total. The summed E-state index contributed by atoms with van der Waals surface area (Å²) in [5.74, 6) is 0. The van der Waals surface area contributed by atoms with E-state index in [0.717, 1.165) is 0 Å². The number of halogens is 4. The van der Waals surface area contributed by atoms with Gasteiger partial charge in [0, 0.05) is 11.8 Å². The predicted octanol–water partition coefficient (Wildman–Crippen LogP) is 2.57. The molecule has 0 atom stereocenters. The molecule has 0 aromatic carbocycles. The van der Waals surface area contributed by atoms with Crippen molar-refractivity contribution < 1.29 is 16.0 Å². The van der Waals surface area contributed by atoms with Gasteiger partial charge >= 0.3 is 29.2 Å². The van der Waals surface area contributed by atoms with E-state index < -0.39 is 12.6 Å². The molecule has 0 amide bonds. The van der Waals surface area contributed by atoms with Crippen LogP contribution < -0.4 is 0 Å². The van der Waals surface area contributed by atoms with Crippen LogP contribution in [0.2, 0.25) is 0 Å². The third-order valence-electron chi connectivity index (χ3n) is 0.594. The summed E-state index contributed by atoms with van der Waals surface area (Å²) >= 11 is 2.90. The van der Waals surface area contributed by atoms with E-state index >= 15 is 0 Å². The van der Waals surface area contributed by atoms with Gasteiger partial charge in [-0.25, -0.2) is 0 Å². The van der Waals surface area contributed by atoms with Crippen LogP contribution in [0.15, 0.2) is 0 Å². The molecule has 0 saturated carbocycles. The van der Waals surface area contributed by atoms with Crippen LogP contribution in [0.25, 0.3) is 0 Å². The topological polar surface area (TPSA) is 0 Å². The molecule has 0 aliphatic carbocycles. The number of hydrogen-bond donors (Lipinski definition) is 0. The normalized spacial score (nSPS) is 10.7. The van der Waals surface area contributed by atoms with Crippen LogP contribution in [0.5, 0.6) is 0 Å². The smallest absolute Gasteiger partial charge is 1.00 e. The molecule has 0 heterocycles. The third kappa shape index (κ3) is 12.3. The summed E-state index contributed by atoms with van der Waals surface area (Å²) in [6.07, 6.45) is -4.49. The molecule has 0 nitrogen and oxygen atoms in total. The fourth-order valence-electron chi connectivity index (χ4n) is 0.267. The second-order valence-electron chi connectivity index (χ2n) is 1.41. The summed E-state index contributed by atoms with van der Waals surface area (Å²) in [6.45, 7) is 0. The number of hydrogen-bond acceptors (Lipinski definition) is 0. The second-order valence-corrected chi connectivity index (χ2v) is 2.20. The number of rotatable bonds is 2. The Kier molecular flexibility index (Phi) is 8.17. The van der Waals surface area contributed by atoms with E-state index in [2.05, 4.69) is 15.9 Å². The van der Waals surface area contributed by atoms with Gasteiger partial charge in [-0.05, 0) is 6.42 Å². The first-order valence-corrected chi connectivity index (χ1v) is 3.31. The van der Waals surface area contributed by atoms with E-state index in [1.807, 2.05) is 0 Å². The molecule has 0 aromatic rings. The molecule has 0 fully saturated rings. The molecule has 9 heavy (non-hydrogen) atoms. The second kappa shape index (κ2) is 5.79. The molecule has 0 aromatic heterocycles. The summed E-state index contributed by atoms with van der Waals surface area (Å²) in [5, 5.41) is 0.423. The fraction of sp³-hybridized carbons (Fsp3) is 1.00. The summed E-state index contributed by atoms with van der Waals surface area (Å²) in [5.41, 5.74) is 0. The van der Waals surface area contributed by atoms with Gasteiger partial charge in [-0.15, -0.1) is 0 Å². The molecule has 0 spiro atoms. The maximum Gasteiger partial charge on any atom is 2.00 e. The predicted molar refractivity (Wildman–Crippen MR) is 37.1 cm³/mol. The van der Waals surface area contributed by atoms with Gasteiger partial charge in [0.2, 0.25) is 0 Å². The Morgan fingerprint density at radius 3 is 1.89 bits per heavy atom. The quantitative estimate of drug-likeness (QED) is 0.492. The van der Waals surface area contributed by atoms with Gasteiger partial charge < -0.3 is 2.85 Å². The molecule has 0 aliphatic heterocycles. The zero-order valence-electron chi connectivity index (χ0n) is 6.84. The molecule has 54 valence electrons. The van der Waals surface area contributed by atoms with Crippen molar-refractivity contribution in [3.05, 3.63) is 0 Å². The van der Waals surface area contributed by atoms with Crippen molar-refractivity contribution in [1.82, 2.24) is 0 Å². The van der Waals surface area contributed by atoms with E-state index in [0.29, 0.717) is 5.33 Å². The number of alkyl halides is 4. The summed E-state index contributed by atoms with van der Waals surface area (Å²) in [6, 6.07) is 0. The fourth-order valence-corrected chi connectivity index (χ4v) is 0.548. The van der Waals surface area contributed by atoms with Gasteiger partial charge in [0.15, 0.2) is 0 Å². The first-order valence-electron chi connectivity index (χ1n) is 2.19. The van der Waals surface area contributed by atoms with E-state index in [1.165, 1.54) is 0 Å². The molecule has 0 aliphatic rings. The Bertz CT molecular complexity index is 70.8. The van der Waals surface area contributed by atoms with Crippen LogP contribution >= 0.6 is 15.9 Å². The minimum atomic E-state index is -3.98. The largest absolute Gasteiger partial charge is 2.00 e. The minimum Gasteiger partial charge on any atom is -1.00 e. The van der Waals surface area contributed by atoms with Gasteiger partial charge in [0.1, 0.15) is 0 Å². The van der Waals surface area contributed by atoms with Gasteiger partial charge in [-0.2, -0.15) is 13.2 Å². The standard InChI is InChI=1S/C4H6BrF3.Mg.2H/c5-3-1-2-4(6,7)8;;;/h1-3H2;;;/q;+2;2*-1. The van der Waals surface area contributed by atoms with Crippen LogP contribution in [0, 0.1) is 0 Å². The summed E-state index contributed by atoms with van der Waals surface area (Å²) in [7, 11) is 0. The van der Waals surface area contributed by atoms with Gasteiger partial charge in [0.05, 0.1) is 0 Å². The Labute approximate surface area is 79.4 Å². The monoisotopic (exact) mass is 216 g/mol. The zero-order chi connectivity index (χ0) is 6.62. The van der Waals surface area contributed by atoms with Crippen molar-refractivity contribution in [2.75, 3.05) is 5.33 Å². The Balaban J connectivity index is -0.0000000817. The van der Waals surface area contributed by atoms with E-state index in [9.17, 15) is 13.2 Å². The molecular weight excluding hydrogens is 209 g/mol. The zero-order valence-corrected chi connectivity index (χ0v) is 7.84. The average molecular weight is 217 g/mol. The van der Waals surface area contributed by atoms with Crippen LogP contribution in [-0.4, -0.2) is 34.6 Å². The van der Waals surface area contributed by atoms with Gasteiger partial charge in [-0.3, -0.25) is 0 Å². The van der Waals surface area contributed by atoms with Crippen molar-refractivity contribution in [3.63, 3.8) is 0 Å². The molecule has 0 rings (SSSR count). The average Bonchev–Trinajstić information content (AvgIpc) is 1.59. The molecule has 5 heteroatoms.